The third-order valence-electron chi connectivity index (χ3n) is 4.87. The van der Waals surface area contributed by atoms with Crippen molar-refractivity contribution in [3.05, 3.63) is 35.4 Å². The standard InChI is InChI=1S/C19H30N4/c1-4-20-18(22-17-9-10-17)21-14-19(2,3)23-12-11-15-7-5-6-8-16(15)13-23/h5-8,17H,4,9-14H2,1-3H3,(H2,20,21,22). The Labute approximate surface area is 140 Å². The van der Waals surface area contributed by atoms with Gasteiger partial charge in [-0.2, -0.15) is 0 Å². The van der Waals surface area contributed by atoms with Gasteiger partial charge in [0.2, 0.25) is 0 Å². The molecule has 0 spiro atoms. The topological polar surface area (TPSA) is 39.7 Å². The van der Waals surface area contributed by atoms with E-state index in [2.05, 4.69) is 60.6 Å². The van der Waals surface area contributed by atoms with Crippen molar-refractivity contribution in [2.75, 3.05) is 19.6 Å². The van der Waals surface area contributed by atoms with Gasteiger partial charge in [-0.15, -0.1) is 0 Å². The highest BCUT2D eigenvalue weighted by Crippen LogP contribution is 2.25. The van der Waals surface area contributed by atoms with Gasteiger partial charge in [0.15, 0.2) is 5.96 Å². The van der Waals surface area contributed by atoms with Crippen LogP contribution >= 0.6 is 0 Å². The lowest BCUT2D eigenvalue weighted by Crippen LogP contribution is -2.49. The molecular formula is C19H30N4. The molecule has 0 radical (unpaired) electrons. The summed E-state index contributed by atoms with van der Waals surface area (Å²) < 4.78 is 0. The van der Waals surface area contributed by atoms with E-state index in [9.17, 15) is 0 Å². The average molecular weight is 314 g/mol. The Balaban J connectivity index is 1.63. The van der Waals surface area contributed by atoms with Gasteiger partial charge < -0.3 is 10.6 Å². The maximum atomic E-state index is 4.85. The molecule has 1 aromatic rings. The van der Waals surface area contributed by atoms with Gasteiger partial charge in [0.05, 0.1) is 6.54 Å². The van der Waals surface area contributed by atoms with Crippen LogP contribution in [0.3, 0.4) is 0 Å². The largest absolute Gasteiger partial charge is 0.357 e. The van der Waals surface area contributed by atoms with Crippen LogP contribution in [0.5, 0.6) is 0 Å². The zero-order valence-corrected chi connectivity index (χ0v) is 14.7. The van der Waals surface area contributed by atoms with Crippen LogP contribution in [0, 0.1) is 0 Å². The number of benzene rings is 1. The molecule has 3 rings (SSSR count). The molecular weight excluding hydrogens is 284 g/mol. The molecule has 23 heavy (non-hydrogen) atoms. The molecule has 4 heteroatoms. The minimum absolute atomic E-state index is 0.0689. The van der Waals surface area contributed by atoms with E-state index in [1.165, 1.54) is 24.0 Å². The SMILES string of the molecule is CCNC(=NCC(C)(C)N1CCc2ccccc2C1)NC1CC1. The number of guanidine groups is 1. The maximum absolute atomic E-state index is 4.85. The van der Waals surface area contributed by atoms with Crippen LogP contribution in [-0.2, 0) is 13.0 Å². The molecule has 0 aromatic heterocycles. The van der Waals surface area contributed by atoms with E-state index < -0.39 is 0 Å². The Hall–Kier alpha value is -1.55. The highest BCUT2D eigenvalue weighted by atomic mass is 15.2. The second-order valence-electron chi connectivity index (χ2n) is 7.37. The molecule has 1 heterocycles. The van der Waals surface area contributed by atoms with Crippen molar-refractivity contribution >= 4 is 5.96 Å². The number of nitrogens with one attached hydrogen (secondary N) is 2. The molecule has 4 nitrogen and oxygen atoms in total. The number of fused-ring (bicyclic) bond motifs is 1. The minimum Gasteiger partial charge on any atom is -0.357 e. The zero-order chi connectivity index (χ0) is 16.3. The lowest BCUT2D eigenvalue weighted by Gasteiger charge is -2.40. The molecule has 1 fully saturated rings. The van der Waals surface area contributed by atoms with Crippen molar-refractivity contribution in [1.82, 2.24) is 15.5 Å². The highest BCUT2D eigenvalue weighted by molar-refractivity contribution is 5.80. The van der Waals surface area contributed by atoms with Crippen molar-refractivity contribution in [3.63, 3.8) is 0 Å². The predicted octanol–water partition coefficient (Wildman–Crippen LogP) is 2.54. The summed E-state index contributed by atoms with van der Waals surface area (Å²) >= 11 is 0. The van der Waals surface area contributed by atoms with Gasteiger partial charge in [-0.25, -0.2) is 0 Å². The Bertz CT molecular complexity index is 560. The number of hydrogen-bond acceptors (Lipinski definition) is 2. The molecule has 2 aliphatic rings. The first-order valence-corrected chi connectivity index (χ1v) is 8.95. The Morgan fingerprint density at radius 3 is 2.70 bits per heavy atom. The molecule has 0 atom stereocenters. The molecule has 1 saturated carbocycles. The summed E-state index contributed by atoms with van der Waals surface area (Å²) in [5.41, 5.74) is 3.05. The van der Waals surface area contributed by atoms with E-state index in [-0.39, 0.29) is 5.54 Å². The predicted molar refractivity (Wildman–Crippen MR) is 96.8 cm³/mol. The van der Waals surface area contributed by atoms with E-state index in [0.717, 1.165) is 38.6 Å². The Morgan fingerprint density at radius 1 is 1.26 bits per heavy atom. The summed E-state index contributed by atoms with van der Waals surface area (Å²) in [5, 5.41) is 6.87. The van der Waals surface area contributed by atoms with E-state index in [0.29, 0.717) is 6.04 Å². The van der Waals surface area contributed by atoms with E-state index >= 15 is 0 Å². The van der Waals surface area contributed by atoms with Crippen LogP contribution in [0.25, 0.3) is 0 Å². The normalized spacial score (nSPS) is 19.3. The Morgan fingerprint density at radius 2 is 2.00 bits per heavy atom. The fraction of sp³-hybridized carbons (Fsp3) is 0.632. The summed E-state index contributed by atoms with van der Waals surface area (Å²) in [6.45, 7) is 10.6. The monoisotopic (exact) mass is 314 g/mol. The van der Waals surface area contributed by atoms with Crippen molar-refractivity contribution in [1.29, 1.82) is 0 Å². The minimum atomic E-state index is 0.0689. The maximum Gasteiger partial charge on any atom is 0.191 e. The van der Waals surface area contributed by atoms with Crippen LogP contribution in [0.2, 0.25) is 0 Å². The quantitative estimate of drug-likeness (QED) is 0.648. The van der Waals surface area contributed by atoms with Crippen LogP contribution in [0.15, 0.2) is 29.3 Å². The number of aliphatic imine (C=N–C) groups is 1. The van der Waals surface area contributed by atoms with Crippen LogP contribution in [0.1, 0.15) is 44.7 Å². The van der Waals surface area contributed by atoms with Crippen molar-refractivity contribution in [2.24, 2.45) is 4.99 Å². The molecule has 1 aromatic carbocycles. The second kappa shape index (κ2) is 6.91. The molecule has 1 aliphatic heterocycles. The van der Waals surface area contributed by atoms with E-state index in [4.69, 9.17) is 4.99 Å². The average Bonchev–Trinajstić information content (AvgIpc) is 3.36. The fourth-order valence-electron chi connectivity index (χ4n) is 3.13. The van der Waals surface area contributed by atoms with Gasteiger partial charge in [0, 0.05) is 31.2 Å². The lowest BCUT2D eigenvalue weighted by atomic mass is 9.94. The molecule has 0 unspecified atom stereocenters. The first kappa shape index (κ1) is 16.3. The molecule has 1 aliphatic carbocycles. The summed E-state index contributed by atoms with van der Waals surface area (Å²) in [6, 6.07) is 9.46. The molecule has 2 N–H and O–H groups in total. The van der Waals surface area contributed by atoms with Gasteiger partial charge >= 0.3 is 0 Å². The molecule has 126 valence electrons. The molecule has 0 bridgehead atoms. The van der Waals surface area contributed by atoms with Gasteiger partial charge in [0.25, 0.3) is 0 Å². The third kappa shape index (κ3) is 4.25. The van der Waals surface area contributed by atoms with Gasteiger partial charge in [-0.3, -0.25) is 9.89 Å². The van der Waals surface area contributed by atoms with E-state index in [1.54, 1.807) is 0 Å². The highest BCUT2D eigenvalue weighted by Gasteiger charge is 2.30. The van der Waals surface area contributed by atoms with Gasteiger partial charge in [0.1, 0.15) is 0 Å². The van der Waals surface area contributed by atoms with Crippen molar-refractivity contribution in [3.8, 4) is 0 Å². The summed E-state index contributed by atoms with van der Waals surface area (Å²) in [4.78, 5) is 7.42. The summed E-state index contributed by atoms with van der Waals surface area (Å²) in [7, 11) is 0. The van der Waals surface area contributed by atoms with Crippen LogP contribution in [0.4, 0.5) is 0 Å². The lowest BCUT2D eigenvalue weighted by molar-refractivity contribution is 0.111. The zero-order valence-electron chi connectivity index (χ0n) is 14.7. The third-order valence-corrected chi connectivity index (χ3v) is 4.87. The van der Waals surface area contributed by atoms with Gasteiger partial charge in [-0.1, -0.05) is 24.3 Å². The molecule has 0 saturated heterocycles. The number of nitrogens with zero attached hydrogens (tertiary/aromatic N) is 2. The Kier molecular flexibility index (Phi) is 4.90. The van der Waals surface area contributed by atoms with Crippen LogP contribution in [-0.4, -0.2) is 42.1 Å². The van der Waals surface area contributed by atoms with Crippen molar-refractivity contribution in [2.45, 2.75) is 58.2 Å². The number of rotatable bonds is 5. The molecule has 0 amide bonds. The van der Waals surface area contributed by atoms with Crippen LogP contribution < -0.4 is 10.6 Å². The fourth-order valence-corrected chi connectivity index (χ4v) is 3.13. The number of hydrogen-bond donors (Lipinski definition) is 2. The van der Waals surface area contributed by atoms with Gasteiger partial charge in [-0.05, 0) is 51.2 Å². The second-order valence-corrected chi connectivity index (χ2v) is 7.37. The first-order chi connectivity index (χ1) is 11.1. The summed E-state index contributed by atoms with van der Waals surface area (Å²) in [6.07, 6.45) is 3.69. The smallest absolute Gasteiger partial charge is 0.191 e. The summed E-state index contributed by atoms with van der Waals surface area (Å²) in [5.74, 6) is 0.973. The van der Waals surface area contributed by atoms with Crippen molar-refractivity contribution < 1.29 is 0 Å². The van der Waals surface area contributed by atoms with E-state index in [1.807, 2.05) is 0 Å². The first-order valence-electron chi connectivity index (χ1n) is 8.95.